The van der Waals surface area contributed by atoms with Crippen LogP contribution in [0, 0.1) is 15.5 Å². The molecule has 0 amide bonds. The number of nitro groups is 1. The van der Waals surface area contributed by atoms with Gasteiger partial charge in [0.15, 0.2) is 0 Å². The highest BCUT2D eigenvalue weighted by molar-refractivity contribution is 7.13. The molecule has 5 nitrogen and oxygen atoms in total. The summed E-state index contributed by atoms with van der Waals surface area (Å²) in [4.78, 5) is 10.2. The van der Waals surface area contributed by atoms with Crippen LogP contribution in [0.15, 0.2) is 11.4 Å². The van der Waals surface area contributed by atoms with E-state index in [0.717, 1.165) is 23.3 Å². The SMILES string of the molecule is CC(C)(C)CC(CO)NCc1csc([N+](=O)[O-])c1. The molecule has 1 heterocycles. The molecule has 1 aromatic rings. The number of aliphatic hydroxyl groups is 1. The van der Waals surface area contributed by atoms with Crippen molar-refractivity contribution in [3.8, 4) is 0 Å². The molecular formula is C12H20N2O3S. The van der Waals surface area contributed by atoms with Gasteiger partial charge in [0, 0.05) is 24.0 Å². The number of thiophene rings is 1. The molecule has 0 bridgehead atoms. The van der Waals surface area contributed by atoms with Crippen LogP contribution in [0.2, 0.25) is 0 Å². The predicted molar refractivity (Wildman–Crippen MR) is 72.8 cm³/mol. The first kappa shape index (κ1) is 15.1. The minimum Gasteiger partial charge on any atom is -0.395 e. The zero-order chi connectivity index (χ0) is 13.8. The molecule has 0 saturated heterocycles. The minimum absolute atomic E-state index is 0.0176. The highest BCUT2D eigenvalue weighted by Crippen LogP contribution is 2.23. The van der Waals surface area contributed by atoms with E-state index >= 15 is 0 Å². The average molecular weight is 272 g/mol. The molecule has 2 N–H and O–H groups in total. The number of rotatable bonds is 6. The predicted octanol–water partition coefficient (Wildman–Crippen LogP) is 2.54. The molecule has 1 aromatic heterocycles. The van der Waals surface area contributed by atoms with E-state index in [2.05, 4.69) is 26.1 Å². The Kier molecular flexibility index (Phi) is 5.25. The molecule has 0 aliphatic rings. The quantitative estimate of drug-likeness (QED) is 0.616. The molecule has 0 aromatic carbocycles. The van der Waals surface area contributed by atoms with Gasteiger partial charge in [0.2, 0.25) is 0 Å². The second kappa shape index (κ2) is 6.26. The molecule has 0 fully saturated rings. The van der Waals surface area contributed by atoms with Gasteiger partial charge in [-0.25, -0.2) is 0 Å². The fourth-order valence-corrected chi connectivity index (χ4v) is 2.48. The Morgan fingerprint density at radius 2 is 2.22 bits per heavy atom. The van der Waals surface area contributed by atoms with Crippen LogP contribution in [0.5, 0.6) is 0 Å². The van der Waals surface area contributed by atoms with Gasteiger partial charge in [-0.05, 0) is 17.4 Å². The van der Waals surface area contributed by atoms with Gasteiger partial charge < -0.3 is 10.4 Å². The molecule has 1 rings (SSSR count). The maximum Gasteiger partial charge on any atom is 0.324 e. The van der Waals surface area contributed by atoms with Crippen molar-refractivity contribution in [2.45, 2.75) is 39.8 Å². The summed E-state index contributed by atoms with van der Waals surface area (Å²) in [6.45, 7) is 6.97. The number of nitrogens with zero attached hydrogens (tertiary/aromatic N) is 1. The van der Waals surface area contributed by atoms with Gasteiger partial charge in [0.25, 0.3) is 0 Å². The summed E-state index contributed by atoms with van der Waals surface area (Å²) in [6, 6.07) is 1.59. The van der Waals surface area contributed by atoms with Crippen molar-refractivity contribution in [3.05, 3.63) is 27.1 Å². The summed E-state index contributed by atoms with van der Waals surface area (Å²) < 4.78 is 0. The summed E-state index contributed by atoms with van der Waals surface area (Å²) in [7, 11) is 0. The first-order valence-electron chi connectivity index (χ1n) is 5.88. The van der Waals surface area contributed by atoms with Gasteiger partial charge in [-0.3, -0.25) is 10.1 Å². The van der Waals surface area contributed by atoms with E-state index < -0.39 is 0 Å². The fraction of sp³-hybridized carbons (Fsp3) is 0.667. The van der Waals surface area contributed by atoms with Crippen LogP contribution in [0.1, 0.15) is 32.8 Å². The van der Waals surface area contributed by atoms with Crippen LogP contribution in [0.4, 0.5) is 5.00 Å². The third kappa shape index (κ3) is 5.12. The molecule has 0 saturated carbocycles. The lowest BCUT2D eigenvalue weighted by Gasteiger charge is -2.25. The van der Waals surface area contributed by atoms with Crippen molar-refractivity contribution in [1.29, 1.82) is 0 Å². The van der Waals surface area contributed by atoms with Gasteiger partial charge in [0.1, 0.15) is 0 Å². The second-order valence-corrected chi connectivity index (χ2v) is 6.47. The maximum absolute atomic E-state index is 10.6. The van der Waals surface area contributed by atoms with E-state index in [1.54, 1.807) is 11.4 Å². The molecule has 0 radical (unpaired) electrons. The summed E-state index contributed by atoms with van der Waals surface area (Å²) >= 11 is 1.13. The molecule has 0 aliphatic carbocycles. The van der Waals surface area contributed by atoms with Crippen molar-refractivity contribution < 1.29 is 10.0 Å². The normalized spacial score (nSPS) is 13.6. The molecule has 1 atom stereocenters. The van der Waals surface area contributed by atoms with Crippen LogP contribution in [0.25, 0.3) is 0 Å². The molecular weight excluding hydrogens is 252 g/mol. The van der Waals surface area contributed by atoms with Crippen LogP contribution < -0.4 is 5.32 Å². The van der Waals surface area contributed by atoms with Gasteiger partial charge in [0.05, 0.1) is 11.5 Å². The van der Waals surface area contributed by atoms with Crippen LogP contribution in [-0.4, -0.2) is 22.7 Å². The molecule has 6 heteroatoms. The zero-order valence-corrected chi connectivity index (χ0v) is 11.8. The first-order valence-corrected chi connectivity index (χ1v) is 6.76. The van der Waals surface area contributed by atoms with E-state index in [1.165, 1.54) is 0 Å². The third-order valence-electron chi connectivity index (χ3n) is 2.49. The summed E-state index contributed by atoms with van der Waals surface area (Å²) in [5.74, 6) is 0. The van der Waals surface area contributed by atoms with Crippen molar-refractivity contribution in [1.82, 2.24) is 5.32 Å². The smallest absolute Gasteiger partial charge is 0.324 e. The number of aliphatic hydroxyl groups excluding tert-OH is 1. The molecule has 0 spiro atoms. The Labute approximate surface area is 111 Å². The lowest BCUT2D eigenvalue weighted by molar-refractivity contribution is -0.380. The standard InChI is InChI=1S/C12H20N2O3S/c1-12(2,3)5-10(7-15)13-6-9-4-11(14(16)17)18-8-9/h4,8,10,13,15H,5-7H2,1-3H3. The number of nitrogens with one attached hydrogen (secondary N) is 1. The summed E-state index contributed by atoms with van der Waals surface area (Å²) in [6.07, 6.45) is 0.857. The van der Waals surface area contributed by atoms with Gasteiger partial charge in [-0.2, -0.15) is 0 Å². The monoisotopic (exact) mass is 272 g/mol. The highest BCUT2D eigenvalue weighted by atomic mass is 32.1. The van der Waals surface area contributed by atoms with Crippen molar-refractivity contribution >= 4 is 16.3 Å². The highest BCUT2D eigenvalue weighted by Gasteiger charge is 2.18. The topological polar surface area (TPSA) is 75.4 Å². The molecule has 102 valence electrons. The molecule has 0 aliphatic heterocycles. The van der Waals surface area contributed by atoms with Crippen molar-refractivity contribution in [2.24, 2.45) is 5.41 Å². The van der Waals surface area contributed by atoms with E-state index in [9.17, 15) is 15.2 Å². The average Bonchev–Trinajstić information content (AvgIpc) is 2.71. The van der Waals surface area contributed by atoms with E-state index in [0.29, 0.717) is 6.54 Å². The Bertz CT molecular complexity index is 398. The van der Waals surface area contributed by atoms with Crippen molar-refractivity contribution in [3.63, 3.8) is 0 Å². The van der Waals surface area contributed by atoms with Gasteiger partial charge >= 0.3 is 5.00 Å². The molecule has 1 unspecified atom stereocenters. The van der Waals surface area contributed by atoms with Crippen LogP contribution >= 0.6 is 11.3 Å². The van der Waals surface area contributed by atoms with Crippen LogP contribution in [-0.2, 0) is 6.54 Å². The fourth-order valence-electron chi connectivity index (χ4n) is 1.75. The largest absolute Gasteiger partial charge is 0.395 e. The van der Waals surface area contributed by atoms with Crippen LogP contribution in [0.3, 0.4) is 0 Å². The summed E-state index contributed by atoms with van der Waals surface area (Å²) in [5.41, 5.74) is 1.03. The van der Waals surface area contributed by atoms with E-state index in [-0.39, 0.29) is 28.0 Å². The van der Waals surface area contributed by atoms with Gasteiger partial charge in [-0.15, -0.1) is 0 Å². The molecule has 18 heavy (non-hydrogen) atoms. The number of hydrogen-bond acceptors (Lipinski definition) is 5. The van der Waals surface area contributed by atoms with E-state index in [1.807, 2.05) is 0 Å². The van der Waals surface area contributed by atoms with Crippen molar-refractivity contribution in [2.75, 3.05) is 6.61 Å². The maximum atomic E-state index is 10.6. The zero-order valence-electron chi connectivity index (χ0n) is 11.0. The third-order valence-corrected chi connectivity index (χ3v) is 3.42. The summed E-state index contributed by atoms with van der Waals surface area (Å²) in [5, 5.41) is 25.0. The number of hydrogen-bond donors (Lipinski definition) is 2. The minimum atomic E-state index is -0.382. The Balaban J connectivity index is 2.49. The first-order chi connectivity index (χ1) is 8.31. The Hall–Kier alpha value is -0.980. The Morgan fingerprint density at radius 3 is 2.67 bits per heavy atom. The van der Waals surface area contributed by atoms with E-state index in [4.69, 9.17) is 0 Å². The second-order valence-electron chi connectivity index (χ2n) is 5.58. The lowest BCUT2D eigenvalue weighted by Crippen LogP contribution is -2.35. The van der Waals surface area contributed by atoms with Gasteiger partial charge in [-0.1, -0.05) is 32.1 Å². The Morgan fingerprint density at radius 1 is 1.56 bits per heavy atom. The lowest BCUT2D eigenvalue weighted by atomic mass is 9.88.